The Morgan fingerprint density at radius 3 is 2.83 bits per heavy atom. The van der Waals surface area contributed by atoms with Gasteiger partial charge in [0.15, 0.2) is 0 Å². The molecule has 112 valence electrons. The molecule has 0 bridgehead atoms. The zero-order valence-electron chi connectivity index (χ0n) is 12.0. The normalized spacial score (nSPS) is 11.2. The van der Waals surface area contributed by atoms with Gasteiger partial charge in [0.1, 0.15) is 5.52 Å². The molecule has 5 nitrogen and oxygen atoms in total. The molecule has 2 aromatic heterocycles. The largest absolute Gasteiger partial charge is 0.277 e. The van der Waals surface area contributed by atoms with Crippen LogP contribution in [0.1, 0.15) is 5.56 Å². The van der Waals surface area contributed by atoms with E-state index < -0.39 is 0 Å². The van der Waals surface area contributed by atoms with Crippen LogP contribution in [0.3, 0.4) is 0 Å². The van der Waals surface area contributed by atoms with E-state index in [4.69, 9.17) is 11.6 Å². The van der Waals surface area contributed by atoms with Crippen LogP contribution < -0.4 is 5.56 Å². The van der Waals surface area contributed by atoms with Crippen LogP contribution in [0.15, 0.2) is 59.5 Å². The molecular weight excluding hydrogens is 312 g/mol. The summed E-state index contributed by atoms with van der Waals surface area (Å²) in [6.45, 7) is 0.226. The fourth-order valence-corrected chi connectivity index (χ4v) is 2.82. The zero-order chi connectivity index (χ0) is 15.8. The standard InChI is InChI=1S/C17H11ClN4O/c18-14-8-7-11-4-3-9-19-16(11)13(14)10-22-17(23)12-5-1-2-6-15(12)20-21-22/h1-9H,10H2. The Bertz CT molecular complexity index is 1090. The molecule has 0 aliphatic carbocycles. The summed E-state index contributed by atoms with van der Waals surface area (Å²) in [7, 11) is 0. The molecule has 6 heteroatoms. The molecule has 0 aliphatic heterocycles. The molecule has 0 amide bonds. The Labute approximate surface area is 136 Å². The van der Waals surface area contributed by atoms with Gasteiger partial charge in [-0.1, -0.05) is 41.1 Å². The summed E-state index contributed by atoms with van der Waals surface area (Å²) in [6.07, 6.45) is 1.71. The van der Waals surface area contributed by atoms with Gasteiger partial charge in [-0.3, -0.25) is 9.78 Å². The summed E-state index contributed by atoms with van der Waals surface area (Å²) in [5.74, 6) is 0. The van der Waals surface area contributed by atoms with Gasteiger partial charge in [-0.05, 0) is 24.3 Å². The van der Waals surface area contributed by atoms with Crippen LogP contribution in [0.4, 0.5) is 0 Å². The van der Waals surface area contributed by atoms with Crippen molar-refractivity contribution in [3.8, 4) is 0 Å². The first-order valence-electron chi connectivity index (χ1n) is 7.09. The molecule has 0 unspecified atom stereocenters. The van der Waals surface area contributed by atoms with Crippen LogP contribution in [0.25, 0.3) is 21.8 Å². The number of fused-ring (bicyclic) bond motifs is 2. The molecule has 2 heterocycles. The minimum atomic E-state index is -0.195. The number of hydrogen-bond acceptors (Lipinski definition) is 4. The lowest BCUT2D eigenvalue weighted by molar-refractivity contribution is 0.602. The van der Waals surface area contributed by atoms with Gasteiger partial charge in [0.2, 0.25) is 0 Å². The maximum absolute atomic E-state index is 12.6. The van der Waals surface area contributed by atoms with Crippen molar-refractivity contribution in [2.45, 2.75) is 6.54 Å². The highest BCUT2D eigenvalue weighted by Crippen LogP contribution is 2.24. The number of pyridine rings is 1. The van der Waals surface area contributed by atoms with Crippen LogP contribution in [-0.2, 0) is 6.54 Å². The highest BCUT2D eigenvalue weighted by Gasteiger charge is 2.11. The summed E-state index contributed by atoms with van der Waals surface area (Å²) < 4.78 is 1.32. The summed E-state index contributed by atoms with van der Waals surface area (Å²) in [6, 6.07) is 14.7. The highest BCUT2D eigenvalue weighted by atomic mass is 35.5. The second-order valence-electron chi connectivity index (χ2n) is 5.17. The van der Waals surface area contributed by atoms with Crippen molar-refractivity contribution in [3.05, 3.63) is 75.7 Å². The topological polar surface area (TPSA) is 60.7 Å². The van der Waals surface area contributed by atoms with Crippen LogP contribution >= 0.6 is 11.6 Å². The number of rotatable bonds is 2. The molecule has 0 fully saturated rings. The Hall–Kier alpha value is -2.79. The molecule has 0 N–H and O–H groups in total. The van der Waals surface area contributed by atoms with E-state index in [2.05, 4.69) is 15.3 Å². The lowest BCUT2D eigenvalue weighted by Gasteiger charge is -2.09. The van der Waals surface area contributed by atoms with Crippen molar-refractivity contribution in [1.29, 1.82) is 0 Å². The highest BCUT2D eigenvalue weighted by molar-refractivity contribution is 6.32. The predicted molar refractivity (Wildman–Crippen MR) is 89.7 cm³/mol. The van der Waals surface area contributed by atoms with E-state index in [1.807, 2.05) is 30.3 Å². The monoisotopic (exact) mass is 322 g/mol. The molecule has 0 radical (unpaired) electrons. The van der Waals surface area contributed by atoms with Crippen molar-refractivity contribution >= 4 is 33.4 Å². The quantitative estimate of drug-likeness (QED) is 0.569. The van der Waals surface area contributed by atoms with Gasteiger partial charge in [-0.2, -0.15) is 0 Å². The first kappa shape index (κ1) is 13.8. The summed E-state index contributed by atoms with van der Waals surface area (Å²) in [5, 5.41) is 10.2. The van der Waals surface area contributed by atoms with Gasteiger partial charge < -0.3 is 0 Å². The SMILES string of the molecule is O=c1c2ccccc2nnn1Cc1c(Cl)ccc2cccnc12. The molecule has 0 saturated heterocycles. The van der Waals surface area contributed by atoms with Crippen LogP contribution in [0.5, 0.6) is 0 Å². The van der Waals surface area contributed by atoms with Crippen molar-refractivity contribution in [2.75, 3.05) is 0 Å². The van der Waals surface area contributed by atoms with Gasteiger partial charge in [-0.15, -0.1) is 5.10 Å². The van der Waals surface area contributed by atoms with Crippen LogP contribution in [-0.4, -0.2) is 20.0 Å². The number of aromatic nitrogens is 4. The molecule has 0 spiro atoms. The maximum Gasteiger partial charge on any atom is 0.277 e. The van der Waals surface area contributed by atoms with Crippen LogP contribution in [0.2, 0.25) is 5.02 Å². The molecule has 0 aliphatic rings. The summed E-state index contributed by atoms with van der Waals surface area (Å²) in [4.78, 5) is 17.0. The molecular formula is C17H11ClN4O. The van der Waals surface area contributed by atoms with E-state index in [0.717, 1.165) is 16.5 Å². The summed E-state index contributed by atoms with van der Waals surface area (Å²) in [5.41, 5.74) is 1.91. The third-order valence-electron chi connectivity index (χ3n) is 3.76. The van der Waals surface area contributed by atoms with E-state index in [1.54, 1.807) is 24.4 Å². The smallest absolute Gasteiger partial charge is 0.267 e. The van der Waals surface area contributed by atoms with Gasteiger partial charge in [0.25, 0.3) is 5.56 Å². The number of benzene rings is 2. The van der Waals surface area contributed by atoms with E-state index in [0.29, 0.717) is 15.9 Å². The maximum atomic E-state index is 12.6. The Kier molecular flexibility index (Phi) is 3.28. The first-order chi connectivity index (χ1) is 11.2. The van der Waals surface area contributed by atoms with Gasteiger partial charge in [0, 0.05) is 22.2 Å². The minimum absolute atomic E-state index is 0.195. The van der Waals surface area contributed by atoms with E-state index in [9.17, 15) is 4.79 Å². The van der Waals surface area contributed by atoms with Gasteiger partial charge in [-0.25, -0.2) is 4.68 Å². The summed E-state index contributed by atoms with van der Waals surface area (Å²) >= 11 is 6.32. The first-order valence-corrected chi connectivity index (χ1v) is 7.46. The second-order valence-corrected chi connectivity index (χ2v) is 5.58. The Balaban J connectivity index is 1.90. The van der Waals surface area contributed by atoms with E-state index >= 15 is 0 Å². The average molecular weight is 323 g/mol. The second kappa shape index (κ2) is 5.44. The van der Waals surface area contributed by atoms with Crippen molar-refractivity contribution in [3.63, 3.8) is 0 Å². The number of halogens is 1. The number of hydrogen-bond donors (Lipinski definition) is 0. The molecule has 23 heavy (non-hydrogen) atoms. The van der Waals surface area contributed by atoms with Crippen LogP contribution in [0, 0.1) is 0 Å². The fourth-order valence-electron chi connectivity index (χ4n) is 2.61. The van der Waals surface area contributed by atoms with Crippen molar-refractivity contribution < 1.29 is 0 Å². The Morgan fingerprint density at radius 2 is 1.91 bits per heavy atom. The molecule has 0 saturated carbocycles. The molecule has 0 atom stereocenters. The molecule has 4 aromatic rings. The van der Waals surface area contributed by atoms with E-state index in [1.165, 1.54) is 4.68 Å². The third kappa shape index (κ3) is 2.35. The number of nitrogens with zero attached hydrogens (tertiary/aromatic N) is 4. The van der Waals surface area contributed by atoms with E-state index in [-0.39, 0.29) is 12.1 Å². The third-order valence-corrected chi connectivity index (χ3v) is 4.11. The molecule has 4 rings (SSSR count). The molecule has 2 aromatic carbocycles. The van der Waals surface area contributed by atoms with Gasteiger partial charge >= 0.3 is 0 Å². The lowest BCUT2D eigenvalue weighted by atomic mass is 10.1. The van der Waals surface area contributed by atoms with Gasteiger partial charge in [0.05, 0.1) is 17.4 Å². The predicted octanol–water partition coefficient (Wildman–Crippen LogP) is 3.04. The Morgan fingerprint density at radius 1 is 1.04 bits per heavy atom. The fraction of sp³-hybridized carbons (Fsp3) is 0.0588. The van der Waals surface area contributed by atoms with Crippen molar-refractivity contribution in [2.24, 2.45) is 0 Å². The lowest BCUT2D eigenvalue weighted by Crippen LogP contribution is -2.25. The van der Waals surface area contributed by atoms with Crippen molar-refractivity contribution in [1.82, 2.24) is 20.0 Å². The zero-order valence-corrected chi connectivity index (χ0v) is 12.7. The average Bonchev–Trinajstić information content (AvgIpc) is 2.60. The minimum Gasteiger partial charge on any atom is -0.267 e.